The molecule has 198 valence electrons. The molecule has 0 bridgehead atoms. The van der Waals surface area contributed by atoms with E-state index in [0.717, 1.165) is 0 Å². The van der Waals surface area contributed by atoms with Crippen molar-refractivity contribution < 1.29 is 37.0 Å². The molecule has 3 aromatic rings. The summed E-state index contributed by atoms with van der Waals surface area (Å²) in [5.41, 5.74) is 7.50. The first-order valence-corrected chi connectivity index (χ1v) is 11.4. The Morgan fingerprint density at radius 2 is 1.76 bits per heavy atom. The van der Waals surface area contributed by atoms with Crippen molar-refractivity contribution in [2.75, 3.05) is 18.1 Å². The standard InChI is InChI=1S/C26H23F3N4O5/c27-26(28,29)38-20-10-4-16(5-11-20)13-32-24(34)18-2-1-3-21(12-18)36-15-22-14-33(25(35)37-22)19-8-6-17(7-9-19)23(30)31/h1-12,22H,13-15H2,(H3,30,31)(H,32,34). The van der Waals surface area contributed by atoms with Crippen molar-refractivity contribution in [3.8, 4) is 11.5 Å². The van der Waals surface area contributed by atoms with Crippen LogP contribution >= 0.6 is 0 Å². The van der Waals surface area contributed by atoms with E-state index in [4.69, 9.17) is 20.6 Å². The minimum absolute atomic E-state index is 0.0607. The third-order valence-corrected chi connectivity index (χ3v) is 5.51. The van der Waals surface area contributed by atoms with E-state index >= 15 is 0 Å². The summed E-state index contributed by atoms with van der Waals surface area (Å²) in [5, 5.41) is 10.1. The molecule has 4 rings (SSSR count). The molecule has 1 saturated heterocycles. The van der Waals surface area contributed by atoms with Gasteiger partial charge in [0.15, 0.2) is 6.10 Å². The molecule has 4 N–H and O–H groups in total. The van der Waals surface area contributed by atoms with E-state index in [1.165, 1.54) is 35.2 Å². The van der Waals surface area contributed by atoms with Gasteiger partial charge in [-0.25, -0.2) is 4.79 Å². The molecule has 1 heterocycles. The predicted octanol–water partition coefficient (Wildman–Crippen LogP) is 4.20. The number of amidine groups is 1. The number of alkyl halides is 3. The van der Waals surface area contributed by atoms with Crippen LogP contribution in [0.1, 0.15) is 21.5 Å². The van der Waals surface area contributed by atoms with E-state index in [-0.39, 0.29) is 31.3 Å². The highest BCUT2D eigenvalue weighted by molar-refractivity contribution is 5.96. The lowest BCUT2D eigenvalue weighted by Gasteiger charge is -2.14. The van der Waals surface area contributed by atoms with E-state index in [2.05, 4.69) is 10.1 Å². The number of nitrogens with one attached hydrogen (secondary N) is 2. The zero-order valence-corrected chi connectivity index (χ0v) is 19.8. The Morgan fingerprint density at radius 3 is 2.42 bits per heavy atom. The van der Waals surface area contributed by atoms with Gasteiger partial charge in [0.05, 0.1) is 6.54 Å². The summed E-state index contributed by atoms with van der Waals surface area (Å²) in [6, 6.07) is 18.2. The number of carbonyl (C=O) groups excluding carboxylic acids is 2. The van der Waals surface area contributed by atoms with Crippen molar-refractivity contribution in [3.63, 3.8) is 0 Å². The number of ether oxygens (including phenoxy) is 3. The van der Waals surface area contributed by atoms with Crippen LogP contribution in [0.4, 0.5) is 23.7 Å². The fourth-order valence-corrected chi connectivity index (χ4v) is 3.65. The second-order valence-electron chi connectivity index (χ2n) is 8.29. The highest BCUT2D eigenvalue weighted by atomic mass is 19.4. The van der Waals surface area contributed by atoms with Gasteiger partial charge in [0.25, 0.3) is 5.91 Å². The van der Waals surface area contributed by atoms with Crippen molar-refractivity contribution in [2.45, 2.75) is 19.0 Å². The molecule has 0 aliphatic carbocycles. The number of anilines is 1. The Bertz CT molecular complexity index is 1310. The van der Waals surface area contributed by atoms with Gasteiger partial charge < -0.3 is 25.3 Å². The molecular weight excluding hydrogens is 505 g/mol. The molecule has 3 aromatic carbocycles. The van der Waals surface area contributed by atoms with Crippen molar-refractivity contribution in [3.05, 3.63) is 89.5 Å². The quantitative estimate of drug-likeness (QED) is 0.282. The summed E-state index contributed by atoms with van der Waals surface area (Å²) in [5.74, 6) is -0.430. The molecule has 0 radical (unpaired) electrons. The number of benzene rings is 3. The summed E-state index contributed by atoms with van der Waals surface area (Å²) in [6.07, 6.45) is -5.84. The summed E-state index contributed by atoms with van der Waals surface area (Å²) in [4.78, 5) is 26.3. The van der Waals surface area contributed by atoms with Crippen LogP contribution in [0, 0.1) is 5.41 Å². The molecule has 2 amide bonds. The maximum absolute atomic E-state index is 12.6. The average molecular weight is 528 g/mol. The molecule has 1 atom stereocenters. The molecule has 0 aromatic heterocycles. The van der Waals surface area contributed by atoms with Gasteiger partial charge in [-0.3, -0.25) is 15.1 Å². The maximum Gasteiger partial charge on any atom is 0.573 e. The molecule has 38 heavy (non-hydrogen) atoms. The highest BCUT2D eigenvalue weighted by Crippen LogP contribution is 2.24. The van der Waals surface area contributed by atoms with Gasteiger partial charge in [-0.05, 0) is 60.2 Å². The van der Waals surface area contributed by atoms with Crippen LogP contribution in [0.2, 0.25) is 0 Å². The summed E-state index contributed by atoms with van der Waals surface area (Å²) in [6.45, 7) is 0.411. The number of nitrogen functional groups attached to an aromatic ring is 1. The van der Waals surface area contributed by atoms with E-state index in [9.17, 15) is 22.8 Å². The maximum atomic E-state index is 12.6. The van der Waals surface area contributed by atoms with E-state index < -0.39 is 24.5 Å². The number of rotatable bonds is 9. The van der Waals surface area contributed by atoms with E-state index in [1.807, 2.05) is 0 Å². The van der Waals surface area contributed by atoms with Crippen molar-refractivity contribution >= 4 is 23.5 Å². The minimum atomic E-state index is -4.77. The highest BCUT2D eigenvalue weighted by Gasteiger charge is 2.33. The fraction of sp³-hybridized carbons (Fsp3) is 0.192. The van der Waals surface area contributed by atoms with Gasteiger partial charge in [-0.15, -0.1) is 13.2 Å². The van der Waals surface area contributed by atoms with E-state index in [0.29, 0.717) is 28.1 Å². The molecule has 1 aliphatic heterocycles. The van der Waals surface area contributed by atoms with Gasteiger partial charge in [0.2, 0.25) is 0 Å². The van der Waals surface area contributed by atoms with E-state index in [1.54, 1.807) is 42.5 Å². The lowest BCUT2D eigenvalue weighted by atomic mass is 10.1. The first-order chi connectivity index (χ1) is 18.1. The largest absolute Gasteiger partial charge is 0.573 e. The number of cyclic esters (lactones) is 1. The Balaban J connectivity index is 1.28. The number of amides is 2. The SMILES string of the molecule is N=C(N)c1ccc(N2CC(COc3cccc(C(=O)NCc4ccc(OC(F)(F)F)cc4)c3)OC2=O)cc1. The summed E-state index contributed by atoms with van der Waals surface area (Å²) in [7, 11) is 0. The summed E-state index contributed by atoms with van der Waals surface area (Å²) >= 11 is 0. The van der Waals surface area contributed by atoms with Crippen molar-refractivity contribution in [1.82, 2.24) is 5.32 Å². The smallest absolute Gasteiger partial charge is 0.490 e. The van der Waals surface area contributed by atoms with Crippen LogP contribution in [0.5, 0.6) is 11.5 Å². The Morgan fingerprint density at radius 1 is 1.05 bits per heavy atom. The van der Waals surface area contributed by atoms with Crippen LogP contribution in [0.15, 0.2) is 72.8 Å². The Kier molecular flexibility index (Phi) is 7.70. The number of halogens is 3. The van der Waals surface area contributed by atoms with Gasteiger partial charge in [-0.2, -0.15) is 0 Å². The zero-order chi connectivity index (χ0) is 27.3. The monoisotopic (exact) mass is 528 g/mol. The lowest BCUT2D eigenvalue weighted by molar-refractivity contribution is -0.274. The average Bonchev–Trinajstić information content (AvgIpc) is 3.26. The van der Waals surface area contributed by atoms with Crippen LogP contribution in [-0.2, 0) is 11.3 Å². The molecule has 1 unspecified atom stereocenters. The molecule has 1 fully saturated rings. The number of hydrogen-bond acceptors (Lipinski definition) is 6. The topological polar surface area (TPSA) is 127 Å². The minimum Gasteiger partial charge on any atom is -0.490 e. The normalized spacial score (nSPS) is 15.1. The second-order valence-corrected chi connectivity index (χ2v) is 8.29. The van der Waals surface area contributed by atoms with Crippen molar-refractivity contribution in [2.24, 2.45) is 5.73 Å². The molecular formula is C26H23F3N4O5. The van der Waals surface area contributed by atoms with Gasteiger partial charge in [0.1, 0.15) is 23.9 Å². The lowest BCUT2D eigenvalue weighted by Crippen LogP contribution is -2.26. The van der Waals surface area contributed by atoms with Crippen LogP contribution in [-0.4, -0.2) is 43.5 Å². The van der Waals surface area contributed by atoms with Gasteiger partial charge in [-0.1, -0.05) is 18.2 Å². The number of carbonyl (C=O) groups is 2. The van der Waals surface area contributed by atoms with Gasteiger partial charge >= 0.3 is 12.5 Å². The van der Waals surface area contributed by atoms with Crippen molar-refractivity contribution in [1.29, 1.82) is 5.41 Å². The summed E-state index contributed by atoms with van der Waals surface area (Å²) < 4.78 is 51.8. The molecule has 9 nitrogen and oxygen atoms in total. The van der Waals surface area contributed by atoms with Crippen LogP contribution < -0.4 is 25.4 Å². The van der Waals surface area contributed by atoms with Crippen LogP contribution in [0.25, 0.3) is 0 Å². The fourth-order valence-electron chi connectivity index (χ4n) is 3.65. The van der Waals surface area contributed by atoms with Crippen LogP contribution in [0.3, 0.4) is 0 Å². The molecule has 12 heteroatoms. The predicted molar refractivity (Wildman–Crippen MR) is 131 cm³/mol. The van der Waals surface area contributed by atoms with Gasteiger partial charge in [0, 0.05) is 23.4 Å². The molecule has 0 saturated carbocycles. The number of nitrogens with zero attached hydrogens (tertiary/aromatic N) is 1. The molecule has 0 spiro atoms. The molecule has 1 aliphatic rings. The Labute approximate surface area is 215 Å². The zero-order valence-electron chi connectivity index (χ0n) is 19.8. The Hall–Kier alpha value is -4.74. The third-order valence-electron chi connectivity index (χ3n) is 5.51. The third kappa shape index (κ3) is 6.93. The number of nitrogens with two attached hydrogens (primary N) is 1. The second kappa shape index (κ2) is 11.1. The first-order valence-electron chi connectivity index (χ1n) is 11.4. The first kappa shape index (κ1) is 26.3. The number of hydrogen-bond donors (Lipinski definition) is 3.